The molecule has 0 aliphatic heterocycles. The third-order valence-electron chi connectivity index (χ3n) is 3.39. The van der Waals surface area contributed by atoms with Gasteiger partial charge < -0.3 is 15.0 Å². The molecule has 0 saturated carbocycles. The third kappa shape index (κ3) is 4.22. The predicted octanol–water partition coefficient (Wildman–Crippen LogP) is 2.05. The molecule has 0 aliphatic carbocycles. The highest BCUT2D eigenvalue weighted by Gasteiger charge is 2.09. The average molecular weight is 300 g/mol. The highest BCUT2D eigenvalue weighted by Crippen LogP contribution is 2.12. The summed E-state index contributed by atoms with van der Waals surface area (Å²) in [5, 5.41) is 2.77. The summed E-state index contributed by atoms with van der Waals surface area (Å²) < 4.78 is 5.11. The first-order chi connectivity index (χ1) is 10.6. The zero-order valence-electron chi connectivity index (χ0n) is 12.8. The minimum absolute atomic E-state index is 0.148. The Balaban J connectivity index is 1.80. The lowest BCUT2D eigenvalue weighted by Gasteiger charge is -2.06. The maximum atomic E-state index is 11.9. The minimum Gasteiger partial charge on any atom is -0.497 e. The second-order valence-corrected chi connectivity index (χ2v) is 5.09. The fourth-order valence-corrected chi connectivity index (χ4v) is 2.13. The number of carbonyl (C=O) groups excluding carboxylic acids is 1. The molecule has 22 heavy (non-hydrogen) atoms. The van der Waals surface area contributed by atoms with Crippen molar-refractivity contribution in [2.24, 2.45) is 0 Å². The molecule has 116 valence electrons. The molecular formula is C17H20N2O3. The third-order valence-corrected chi connectivity index (χ3v) is 3.39. The number of H-pyrrole nitrogens is 1. The van der Waals surface area contributed by atoms with Gasteiger partial charge in [0.15, 0.2) is 0 Å². The normalized spacial score (nSPS) is 10.3. The topological polar surface area (TPSA) is 71.2 Å². The van der Waals surface area contributed by atoms with Crippen LogP contribution in [0.25, 0.3) is 0 Å². The second kappa shape index (κ2) is 7.45. The van der Waals surface area contributed by atoms with Gasteiger partial charge >= 0.3 is 0 Å². The number of rotatable bonds is 6. The Labute approximate surface area is 129 Å². The number of methoxy groups -OCH3 is 1. The van der Waals surface area contributed by atoms with Crippen LogP contribution >= 0.6 is 0 Å². The maximum absolute atomic E-state index is 11.9. The molecule has 1 aromatic carbocycles. The van der Waals surface area contributed by atoms with E-state index in [4.69, 9.17) is 4.74 Å². The number of aromatic nitrogens is 1. The van der Waals surface area contributed by atoms with Crippen molar-refractivity contribution < 1.29 is 9.53 Å². The van der Waals surface area contributed by atoms with Crippen molar-refractivity contribution in [3.8, 4) is 5.75 Å². The molecule has 0 bridgehead atoms. The fourth-order valence-electron chi connectivity index (χ4n) is 2.13. The lowest BCUT2D eigenvalue weighted by atomic mass is 10.1. The number of aromatic amines is 1. The van der Waals surface area contributed by atoms with Crippen molar-refractivity contribution in [2.75, 3.05) is 13.7 Å². The van der Waals surface area contributed by atoms with Crippen LogP contribution in [0, 0.1) is 6.92 Å². The minimum atomic E-state index is -0.354. The van der Waals surface area contributed by atoms with Gasteiger partial charge in [-0.3, -0.25) is 9.59 Å². The van der Waals surface area contributed by atoms with Gasteiger partial charge in [-0.1, -0.05) is 12.1 Å². The molecule has 5 nitrogen and oxygen atoms in total. The van der Waals surface area contributed by atoms with Crippen LogP contribution < -0.4 is 15.6 Å². The largest absolute Gasteiger partial charge is 0.497 e. The Morgan fingerprint density at radius 2 is 1.91 bits per heavy atom. The van der Waals surface area contributed by atoms with E-state index in [0.717, 1.165) is 24.3 Å². The summed E-state index contributed by atoms with van der Waals surface area (Å²) in [4.78, 5) is 26.2. The molecule has 2 rings (SSSR count). The summed E-state index contributed by atoms with van der Waals surface area (Å²) in [6.07, 6.45) is 1.66. The van der Waals surface area contributed by atoms with Gasteiger partial charge in [-0.25, -0.2) is 0 Å². The van der Waals surface area contributed by atoms with E-state index in [1.54, 1.807) is 26.2 Å². The van der Waals surface area contributed by atoms with Crippen molar-refractivity contribution in [1.29, 1.82) is 0 Å². The summed E-state index contributed by atoms with van der Waals surface area (Å²) >= 11 is 0. The predicted molar refractivity (Wildman–Crippen MR) is 85.4 cm³/mol. The molecular weight excluding hydrogens is 280 g/mol. The van der Waals surface area contributed by atoms with E-state index in [0.29, 0.717) is 6.54 Å². The number of nitrogens with one attached hydrogen (secondary N) is 2. The summed E-state index contributed by atoms with van der Waals surface area (Å²) in [6.45, 7) is 2.30. The molecule has 1 heterocycles. The first kappa shape index (κ1) is 15.8. The van der Waals surface area contributed by atoms with Crippen molar-refractivity contribution >= 4 is 5.91 Å². The van der Waals surface area contributed by atoms with Crippen LogP contribution in [0.4, 0.5) is 0 Å². The SMILES string of the molecule is COc1ccc(CCCNC(=O)c2ccc(C)[nH]c2=O)cc1. The van der Waals surface area contributed by atoms with Crippen LogP contribution in [0.1, 0.15) is 28.0 Å². The molecule has 0 radical (unpaired) electrons. The van der Waals surface area contributed by atoms with E-state index < -0.39 is 0 Å². The van der Waals surface area contributed by atoms with Gasteiger partial charge in [-0.15, -0.1) is 0 Å². The Kier molecular flexibility index (Phi) is 5.36. The van der Waals surface area contributed by atoms with Crippen molar-refractivity contribution in [3.05, 3.63) is 63.6 Å². The molecule has 5 heteroatoms. The number of hydrogen-bond donors (Lipinski definition) is 2. The number of pyridine rings is 1. The Bertz CT molecular complexity index is 690. The number of aryl methyl sites for hydroxylation is 2. The van der Waals surface area contributed by atoms with E-state index in [9.17, 15) is 9.59 Å². The number of ether oxygens (including phenoxy) is 1. The van der Waals surface area contributed by atoms with E-state index in [2.05, 4.69) is 10.3 Å². The van der Waals surface area contributed by atoms with E-state index >= 15 is 0 Å². The van der Waals surface area contributed by atoms with Crippen molar-refractivity contribution in [1.82, 2.24) is 10.3 Å². The number of amides is 1. The van der Waals surface area contributed by atoms with Crippen LogP contribution in [0.2, 0.25) is 0 Å². The summed E-state index contributed by atoms with van der Waals surface area (Å²) in [7, 11) is 1.64. The van der Waals surface area contributed by atoms with Gasteiger partial charge in [0, 0.05) is 12.2 Å². The molecule has 2 aromatic rings. The summed E-state index contributed by atoms with van der Waals surface area (Å²) in [5.41, 5.74) is 1.71. The smallest absolute Gasteiger partial charge is 0.260 e. The lowest BCUT2D eigenvalue weighted by Crippen LogP contribution is -2.30. The zero-order valence-corrected chi connectivity index (χ0v) is 12.8. The van der Waals surface area contributed by atoms with Gasteiger partial charge in [-0.05, 0) is 49.6 Å². The second-order valence-electron chi connectivity index (χ2n) is 5.09. The highest BCUT2D eigenvalue weighted by atomic mass is 16.5. The summed E-state index contributed by atoms with van der Waals surface area (Å²) in [6, 6.07) is 11.1. The average Bonchev–Trinajstić information content (AvgIpc) is 2.52. The van der Waals surface area contributed by atoms with Gasteiger partial charge in [0.1, 0.15) is 11.3 Å². The van der Waals surface area contributed by atoms with Crippen molar-refractivity contribution in [2.45, 2.75) is 19.8 Å². The molecule has 0 atom stereocenters. The zero-order chi connectivity index (χ0) is 15.9. The monoisotopic (exact) mass is 300 g/mol. The summed E-state index contributed by atoms with van der Waals surface area (Å²) in [5.74, 6) is 0.492. The van der Waals surface area contributed by atoms with Crippen LogP contribution in [0.5, 0.6) is 5.75 Å². The van der Waals surface area contributed by atoms with E-state index in [1.165, 1.54) is 5.56 Å². The molecule has 1 amide bonds. The van der Waals surface area contributed by atoms with Gasteiger partial charge in [0.05, 0.1) is 7.11 Å². The molecule has 0 unspecified atom stereocenters. The lowest BCUT2D eigenvalue weighted by molar-refractivity contribution is 0.0951. The molecule has 0 aliphatic rings. The van der Waals surface area contributed by atoms with Gasteiger partial charge in [0.2, 0.25) is 0 Å². The number of benzene rings is 1. The molecule has 0 spiro atoms. The maximum Gasteiger partial charge on any atom is 0.260 e. The highest BCUT2D eigenvalue weighted by molar-refractivity contribution is 5.93. The molecule has 0 saturated heterocycles. The Morgan fingerprint density at radius 3 is 2.55 bits per heavy atom. The molecule has 1 aromatic heterocycles. The van der Waals surface area contributed by atoms with Crippen molar-refractivity contribution in [3.63, 3.8) is 0 Å². The van der Waals surface area contributed by atoms with Crippen LogP contribution in [-0.4, -0.2) is 24.5 Å². The molecule has 0 fully saturated rings. The first-order valence-electron chi connectivity index (χ1n) is 7.21. The quantitative estimate of drug-likeness (QED) is 0.802. The van der Waals surface area contributed by atoms with E-state index in [-0.39, 0.29) is 17.0 Å². The van der Waals surface area contributed by atoms with Gasteiger partial charge in [-0.2, -0.15) is 0 Å². The standard InChI is InChI=1S/C17H20N2O3/c1-12-5-10-15(17(21)19-12)16(20)18-11-3-4-13-6-8-14(22-2)9-7-13/h5-10H,3-4,11H2,1-2H3,(H,18,20)(H,19,21). The van der Waals surface area contributed by atoms with Crippen LogP contribution in [0.15, 0.2) is 41.2 Å². The Hall–Kier alpha value is -2.56. The van der Waals surface area contributed by atoms with Crippen LogP contribution in [-0.2, 0) is 6.42 Å². The Morgan fingerprint density at radius 1 is 1.18 bits per heavy atom. The fraction of sp³-hybridized carbons (Fsp3) is 0.294. The van der Waals surface area contributed by atoms with Crippen LogP contribution in [0.3, 0.4) is 0 Å². The van der Waals surface area contributed by atoms with E-state index in [1.807, 2.05) is 24.3 Å². The number of carbonyl (C=O) groups is 1. The van der Waals surface area contributed by atoms with Gasteiger partial charge in [0.25, 0.3) is 11.5 Å². The first-order valence-corrected chi connectivity index (χ1v) is 7.21. The number of hydrogen-bond acceptors (Lipinski definition) is 3. The molecule has 2 N–H and O–H groups in total.